The molecule has 0 radical (unpaired) electrons. The number of Topliss-reactive ketones (excluding diaryl/α,β-unsaturated/α-hetero) is 3. The Balaban J connectivity index is 0.000000917. The van der Waals surface area contributed by atoms with Crippen LogP contribution in [0.2, 0.25) is 45.8 Å². The Kier molecular flexibility index (Phi) is 23.0. The van der Waals surface area contributed by atoms with E-state index in [9.17, 15) is 24.0 Å². The normalized spacial score (nSPS) is 22.3. The zero-order valence-electron chi connectivity index (χ0n) is 36.1. The van der Waals surface area contributed by atoms with Gasteiger partial charge >= 0.3 is 11.9 Å². The first-order valence-electron chi connectivity index (χ1n) is 19.4. The minimum Gasteiger partial charge on any atom is -0.466 e. The Bertz CT molecular complexity index is 1360. The molecule has 0 saturated carbocycles. The molecule has 0 aromatic carbocycles. The molecule has 10 nitrogen and oxygen atoms in total. The molecule has 3 aliphatic rings. The van der Waals surface area contributed by atoms with Gasteiger partial charge in [-0.25, -0.2) is 9.59 Å². The van der Waals surface area contributed by atoms with Crippen LogP contribution >= 0.6 is 0 Å². The topological polar surface area (TPSA) is 135 Å². The molecule has 0 aromatic heterocycles. The van der Waals surface area contributed by atoms with Crippen molar-refractivity contribution in [1.29, 1.82) is 0 Å². The van der Waals surface area contributed by atoms with E-state index < -0.39 is 14.0 Å². The predicted octanol–water partition coefficient (Wildman–Crippen LogP) is 6.63. The largest absolute Gasteiger partial charge is 0.466 e. The molecule has 0 aromatic rings. The number of hydrogen-bond donors (Lipinski definition) is 0. The quantitative estimate of drug-likeness (QED) is 0.0815. The van der Waals surface area contributed by atoms with Crippen LogP contribution in [0.1, 0.15) is 86.5 Å². The highest BCUT2D eigenvalue weighted by molar-refractivity contribution is 6.80. The van der Waals surface area contributed by atoms with Gasteiger partial charge in [0, 0.05) is 68.9 Å². The summed E-state index contributed by atoms with van der Waals surface area (Å²) in [5.41, 5.74) is 0.780. The molecule has 308 valence electrons. The summed E-state index contributed by atoms with van der Waals surface area (Å²) < 4.78 is 26.9. The number of esters is 2. The number of ketones is 3. The third-order valence-electron chi connectivity index (χ3n) is 8.05. The van der Waals surface area contributed by atoms with Crippen molar-refractivity contribution in [2.24, 2.45) is 0 Å². The zero-order chi connectivity index (χ0) is 41.9. The molecular weight excluding hydrogens is 737 g/mol. The van der Waals surface area contributed by atoms with Crippen LogP contribution in [0.4, 0.5) is 0 Å². The van der Waals surface area contributed by atoms with E-state index in [0.29, 0.717) is 63.1 Å². The van der Waals surface area contributed by atoms with Crippen LogP contribution in [-0.4, -0.2) is 105 Å². The molecule has 4 atom stereocenters. The van der Waals surface area contributed by atoms with Crippen molar-refractivity contribution in [2.75, 3.05) is 14.2 Å². The molecule has 2 aliphatic carbocycles. The lowest BCUT2D eigenvalue weighted by molar-refractivity contribution is -0.135. The smallest absolute Gasteiger partial charge is 0.330 e. The monoisotopic (exact) mass is 808 g/mol. The maximum Gasteiger partial charge on any atom is 0.330 e. The van der Waals surface area contributed by atoms with Gasteiger partial charge in [-0.15, -0.1) is 0 Å². The molecule has 0 spiro atoms. The molecule has 1 heterocycles. The van der Waals surface area contributed by atoms with E-state index in [1.807, 2.05) is 47.6 Å². The second-order valence-corrected chi connectivity index (χ2v) is 25.0. The van der Waals surface area contributed by atoms with Crippen LogP contribution < -0.4 is 0 Å². The molecule has 4 unspecified atom stereocenters. The lowest BCUT2D eigenvalue weighted by Crippen LogP contribution is -2.44. The second-order valence-electron chi connectivity index (χ2n) is 16.9. The van der Waals surface area contributed by atoms with Gasteiger partial charge in [-0.05, 0) is 72.1 Å². The lowest BCUT2D eigenvalue weighted by Gasteiger charge is -2.26. The van der Waals surface area contributed by atoms with Crippen molar-refractivity contribution in [1.82, 2.24) is 0 Å². The van der Waals surface area contributed by atoms with Crippen LogP contribution in [0.25, 0.3) is 0 Å². The number of carbonyl (C=O) groups excluding carboxylic acids is 5. The maximum absolute atomic E-state index is 12.5. The van der Waals surface area contributed by atoms with Gasteiger partial charge in [0.1, 0.15) is 5.78 Å². The molecule has 0 bridgehead atoms. The molecule has 0 amide bonds. The Morgan fingerprint density at radius 1 is 0.796 bits per heavy atom. The van der Waals surface area contributed by atoms with Crippen molar-refractivity contribution in [3.63, 3.8) is 0 Å². The number of carbonyl (C=O) groups is 5. The van der Waals surface area contributed by atoms with E-state index in [2.05, 4.69) is 55.3 Å². The minimum atomic E-state index is -1.69. The highest BCUT2D eigenvalue weighted by Crippen LogP contribution is 2.51. The van der Waals surface area contributed by atoms with Gasteiger partial charge in [-0.3, -0.25) is 14.4 Å². The SMILES string of the molecule is COC(=O)/C=C/CC1OC1(CC1=CC(OC(C)(C)C)CC1=O)[Si](C)(C)C.COC(=O)/C=C/CCC(=O)CC1=CC(OC(C)(C)C)CC1=O.C[SiH2]C.C[SiH2]C. The Morgan fingerprint density at radius 2 is 1.22 bits per heavy atom. The van der Waals surface area contributed by atoms with Gasteiger partial charge in [-0.1, -0.05) is 58.0 Å². The predicted molar refractivity (Wildman–Crippen MR) is 227 cm³/mol. The first-order valence-corrected chi connectivity index (χ1v) is 28.6. The summed E-state index contributed by atoms with van der Waals surface area (Å²) in [4.78, 5) is 58.3. The first kappa shape index (κ1) is 51.4. The number of epoxide rings is 1. The van der Waals surface area contributed by atoms with Crippen LogP contribution in [0.3, 0.4) is 0 Å². The molecule has 54 heavy (non-hydrogen) atoms. The highest BCUT2D eigenvalue weighted by atomic mass is 28.3. The molecule has 1 aliphatic heterocycles. The highest BCUT2D eigenvalue weighted by Gasteiger charge is 2.63. The van der Waals surface area contributed by atoms with E-state index in [-0.39, 0.29) is 64.5 Å². The molecule has 3 rings (SSSR count). The number of ether oxygens (including phenoxy) is 5. The summed E-state index contributed by atoms with van der Waals surface area (Å²) in [6.07, 6.45) is 12.4. The van der Waals surface area contributed by atoms with Crippen molar-refractivity contribution >= 4 is 56.4 Å². The van der Waals surface area contributed by atoms with E-state index in [4.69, 9.17) is 14.2 Å². The lowest BCUT2D eigenvalue weighted by atomic mass is 10.0. The molecule has 1 saturated heterocycles. The standard InChI is InChI=1S/C20H32O5Si.C17H24O5.2C2H8Si/c1-19(2,3)24-15-11-14(16(21)12-15)13-20(26(5,6)7)17(25-20)9-8-10-18(22)23-4;1-17(2,3)22-14-10-12(15(19)11-14)9-13(18)7-5-6-8-16(20)21-4;2*1-3-2/h8,10-11,15,17H,9,12-13H2,1-7H3;6,8,10,14H,5,7,9,11H2,1-4H3;2*3H2,1-2H3/b10-8+;8-6+;;. The van der Waals surface area contributed by atoms with Gasteiger partial charge in [-0.2, -0.15) is 0 Å². The summed E-state index contributed by atoms with van der Waals surface area (Å²) >= 11 is 0. The van der Waals surface area contributed by atoms with Gasteiger partial charge < -0.3 is 23.7 Å². The Morgan fingerprint density at radius 3 is 1.65 bits per heavy atom. The number of methoxy groups -OCH3 is 2. The fourth-order valence-corrected chi connectivity index (χ4v) is 8.03. The first-order chi connectivity index (χ1) is 24.9. The van der Waals surface area contributed by atoms with Crippen molar-refractivity contribution < 1.29 is 47.7 Å². The second kappa shape index (κ2) is 24.2. The summed E-state index contributed by atoms with van der Waals surface area (Å²) in [6.45, 7) is 27.6. The van der Waals surface area contributed by atoms with Crippen molar-refractivity contribution in [3.05, 3.63) is 47.6 Å². The summed E-state index contributed by atoms with van der Waals surface area (Å²) in [7, 11) is 1.80. The average Bonchev–Trinajstić information content (AvgIpc) is 3.51. The van der Waals surface area contributed by atoms with Crippen LogP contribution in [0, 0.1) is 0 Å². The number of allylic oxidation sites excluding steroid dienone is 2. The molecular formula is C41H72O10Si3. The fourth-order valence-electron chi connectivity index (χ4n) is 5.73. The van der Waals surface area contributed by atoms with E-state index in [0.717, 1.165) is 5.57 Å². The van der Waals surface area contributed by atoms with Gasteiger partial charge in [0.05, 0.1) is 57.0 Å². The summed E-state index contributed by atoms with van der Waals surface area (Å²) in [5.74, 6) is -0.683. The van der Waals surface area contributed by atoms with E-state index in [1.165, 1.54) is 26.4 Å². The summed E-state index contributed by atoms with van der Waals surface area (Å²) in [6, 6.07) is 0. The van der Waals surface area contributed by atoms with Crippen LogP contribution in [0.15, 0.2) is 47.6 Å². The number of hydrogen-bond acceptors (Lipinski definition) is 10. The van der Waals surface area contributed by atoms with E-state index >= 15 is 0 Å². The Labute approximate surface area is 331 Å². The Hall–Kier alpha value is -2.56. The molecule has 0 N–H and O–H groups in total. The minimum absolute atomic E-state index is 0.0206. The molecule has 13 heteroatoms. The zero-order valence-corrected chi connectivity index (χ0v) is 40.0. The van der Waals surface area contributed by atoms with Crippen molar-refractivity contribution in [2.45, 2.75) is 167 Å². The molecule has 1 fully saturated rings. The maximum atomic E-state index is 12.5. The van der Waals surface area contributed by atoms with Crippen LogP contribution in [-0.2, 0) is 47.7 Å². The van der Waals surface area contributed by atoms with Gasteiger partial charge in [0.2, 0.25) is 0 Å². The average molecular weight is 809 g/mol. The summed E-state index contributed by atoms with van der Waals surface area (Å²) in [5, 5.41) is -0.258. The van der Waals surface area contributed by atoms with Crippen molar-refractivity contribution in [3.8, 4) is 0 Å². The van der Waals surface area contributed by atoms with E-state index in [1.54, 1.807) is 18.2 Å². The van der Waals surface area contributed by atoms with Gasteiger partial charge in [0.25, 0.3) is 0 Å². The fraction of sp³-hybridized carbons (Fsp3) is 0.683. The number of rotatable bonds is 14. The van der Waals surface area contributed by atoms with Crippen LogP contribution in [0.5, 0.6) is 0 Å². The van der Waals surface area contributed by atoms with Gasteiger partial charge in [0.15, 0.2) is 11.6 Å². The third-order valence-corrected chi connectivity index (χ3v) is 11.2. The third kappa shape index (κ3) is 20.4.